The molecule has 0 aliphatic carbocycles. The maximum absolute atomic E-state index is 4.44. The van der Waals surface area contributed by atoms with E-state index in [1.54, 1.807) is 6.33 Å². The third-order valence-corrected chi connectivity index (χ3v) is 3.20. The van der Waals surface area contributed by atoms with E-state index in [4.69, 9.17) is 0 Å². The largest absolute Gasteiger partial charge is 0.370 e. The SMILES string of the molecule is CCNc1ncnc(Cc2nccn2CC)c1CC. The van der Waals surface area contributed by atoms with E-state index in [0.717, 1.165) is 43.3 Å². The molecule has 2 aromatic heterocycles. The molecule has 0 aromatic carbocycles. The summed E-state index contributed by atoms with van der Waals surface area (Å²) in [7, 11) is 0. The molecule has 102 valence electrons. The van der Waals surface area contributed by atoms with Gasteiger partial charge in [-0.25, -0.2) is 15.0 Å². The van der Waals surface area contributed by atoms with Crippen LogP contribution in [0.25, 0.3) is 0 Å². The average Bonchev–Trinajstić information content (AvgIpc) is 2.87. The molecule has 0 saturated heterocycles. The third kappa shape index (κ3) is 2.92. The Morgan fingerprint density at radius 3 is 2.68 bits per heavy atom. The number of hydrogen-bond acceptors (Lipinski definition) is 4. The first-order chi connectivity index (χ1) is 9.30. The minimum atomic E-state index is 0.755. The number of anilines is 1. The summed E-state index contributed by atoms with van der Waals surface area (Å²) in [5.41, 5.74) is 2.25. The molecule has 0 unspecified atom stereocenters. The Balaban J connectivity index is 2.31. The average molecular weight is 259 g/mol. The number of rotatable bonds is 6. The van der Waals surface area contributed by atoms with Crippen LogP contribution in [0.3, 0.4) is 0 Å². The van der Waals surface area contributed by atoms with Crippen LogP contribution in [-0.2, 0) is 19.4 Å². The zero-order valence-corrected chi connectivity index (χ0v) is 11.8. The van der Waals surface area contributed by atoms with Gasteiger partial charge in [0.25, 0.3) is 0 Å². The zero-order chi connectivity index (χ0) is 13.7. The maximum atomic E-state index is 4.44. The van der Waals surface area contributed by atoms with Crippen molar-refractivity contribution in [2.24, 2.45) is 0 Å². The Morgan fingerprint density at radius 2 is 2.00 bits per heavy atom. The van der Waals surface area contributed by atoms with Gasteiger partial charge in [-0.2, -0.15) is 0 Å². The second kappa shape index (κ2) is 6.31. The standard InChI is InChI=1S/C14H21N5/c1-4-11-12(17-10-18-14(11)15-5-2)9-13-16-7-8-19(13)6-3/h7-8,10H,4-6,9H2,1-3H3,(H,15,17,18). The monoisotopic (exact) mass is 259 g/mol. The number of aromatic nitrogens is 4. The Kier molecular flexibility index (Phi) is 4.49. The van der Waals surface area contributed by atoms with Gasteiger partial charge in [0.2, 0.25) is 0 Å². The maximum Gasteiger partial charge on any atom is 0.132 e. The quantitative estimate of drug-likeness (QED) is 0.864. The van der Waals surface area contributed by atoms with Gasteiger partial charge in [0.1, 0.15) is 18.0 Å². The summed E-state index contributed by atoms with van der Waals surface area (Å²) in [6.45, 7) is 8.13. The van der Waals surface area contributed by atoms with Crippen LogP contribution < -0.4 is 5.32 Å². The molecule has 0 amide bonds. The van der Waals surface area contributed by atoms with Crippen molar-refractivity contribution < 1.29 is 0 Å². The van der Waals surface area contributed by atoms with Crippen LogP contribution in [0.1, 0.15) is 37.9 Å². The van der Waals surface area contributed by atoms with Crippen LogP contribution in [0.2, 0.25) is 0 Å². The molecule has 0 saturated carbocycles. The smallest absolute Gasteiger partial charge is 0.132 e. The molecule has 1 N–H and O–H groups in total. The molecular formula is C14H21N5. The first-order valence-electron chi connectivity index (χ1n) is 6.86. The van der Waals surface area contributed by atoms with E-state index in [0.29, 0.717) is 0 Å². The van der Waals surface area contributed by atoms with Gasteiger partial charge >= 0.3 is 0 Å². The number of nitrogens with zero attached hydrogens (tertiary/aromatic N) is 4. The lowest BCUT2D eigenvalue weighted by molar-refractivity contribution is 0.705. The lowest BCUT2D eigenvalue weighted by Crippen LogP contribution is -2.10. The lowest BCUT2D eigenvalue weighted by Gasteiger charge is -2.12. The zero-order valence-electron chi connectivity index (χ0n) is 11.8. The van der Waals surface area contributed by atoms with Crippen molar-refractivity contribution in [3.05, 3.63) is 35.8 Å². The first-order valence-corrected chi connectivity index (χ1v) is 6.86. The highest BCUT2D eigenvalue weighted by Crippen LogP contribution is 2.18. The fraction of sp³-hybridized carbons (Fsp3) is 0.500. The highest BCUT2D eigenvalue weighted by molar-refractivity contribution is 5.46. The summed E-state index contributed by atoms with van der Waals surface area (Å²) in [5.74, 6) is 2.00. The van der Waals surface area contributed by atoms with E-state index in [9.17, 15) is 0 Å². The van der Waals surface area contributed by atoms with Crippen LogP contribution in [0.4, 0.5) is 5.82 Å². The van der Waals surface area contributed by atoms with Crippen molar-refractivity contribution in [3.8, 4) is 0 Å². The highest BCUT2D eigenvalue weighted by atomic mass is 15.1. The Morgan fingerprint density at radius 1 is 1.16 bits per heavy atom. The molecule has 0 radical (unpaired) electrons. The molecule has 0 atom stereocenters. The molecule has 5 heteroatoms. The first kappa shape index (κ1) is 13.5. The summed E-state index contributed by atoms with van der Waals surface area (Å²) in [4.78, 5) is 13.2. The second-order valence-corrected chi connectivity index (χ2v) is 4.34. The minimum absolute atomic E-state index is 0.755. The molecule has 0 spiro atoms. The Labute approximate surface area is 114 Å². The van der Waals surface area contributed by atoms with Crippen molar-refractivity contribution in [3.63, 3.8) is 0 Å². The van der Waals surface area contributed by atoms with E-state index in [1.807, 2.05) is 12.4 Å². The molecule has 0 aliphatic rings. The van der Waals surface area contributed by atoms with Gasteiger partial charge in [-0.3, -0.25) is 0 Å². The number of hydrogen-bond donors (Lipinski definition) is 1. The summed E-state index contributed by atoms with van der Waals surface area (Å²) in [6, 6.07) is 0. The van der Waals surface area contributed by atoms with Gasteiger partial charge in [0, 0.05) is 37.5 Å². The van der Waals surface area contributed by atoms with E-state index < -0.39 is 0 Å². The van der Waals surface area contributed by atoms with Gasteiger partial charge in [0.15, 0.2) is 0 Å². The van der Waals surface area contributed by atoms with Crippen molar-refractivity contribution in [2.75, 3.05) is 11.9 Å². The van der Waals surface area contributed by atoms with Crippen molar-refractivity contribution in [1.82, 2.24) is 19.5 Å². The normalized spacial score (nSPS) is 10.7. The molecule has 2 heterocycles. The number of aryl methyl sites for hydroxylation is 1. The second-order valence-electron chi connectivity index (χ2n) is 4.34. The fourth-order valence-electron chi connectivity index (χ4n) is 2.24. The van der Waals surface area contributed by atoms with Gasteiger partial charge in [-0.15, -0.1) is 0 Å². The van der Waals surface area contributed by atoms with Crippen LogP contribution >= 0.6 is 0 Å². The van der Waals surface area contributed by atoms with E-state index >= 15 is 0 Å². The third-order valence-electron chi connectivity index (χ3n) is 3.20. The highest BCUT2D eigenvalue weighted by Gasteiger charge is 2.12. The van der Waals surface area contributed by atoms with E-state index in [-0.39, 0.29) is 0 Å². The van der Waals surface area contributed by atoms with Crippen molar-refractivity contribution >= 4 is 5.82 Å². The predicted molar refractivity (Wildman–Crippen MR) is 76.3 cm³/mol. The number of nitrogens with one attached hydrogen (secondary N) is 1. The molecule has 19 heavy (non-hydrogen) atoms. The molecule has 0 fully saturated rings. The minimum Gasteiger partial charge on any atom is -0.370 e. The molecule has 2 rings (SSSR count). The Bertz CT molecular complexity index is 532. The van der Waals surface area contributed by atoms with Crippen LogP contribution in [-0.4, -0.2) is 26.1 Å². The fourth-order valence-corrected chi connectivity index (χ4v) is 2.24. The topological polar surface area (TPSA) is 55.6 Å². The van der Waals surface area contributed by atoms with Crippen LogP contribution in [0.5, 0.6) is 0 Å². The number of imidazole rings is 1. The summed E-state index contributed by atoms with van der Waals surface area (Å²) in [5, 5.41) is 3.30. The predicted octanol–water partition coefficient (Wildman–Crippen LogP) is 2.28. The van der Waals surface area contributed by atoms with Gasteiger partial charge in [-0.05, 0) is 20.3 Å². The molecule has 0 aliphatic heterocycles. The van der Waals surface area contributed by atoms with Gasteiger partial charge in [-0.1, -0.05) is 6.92 Å². The van der Waals surface area contributed by atoms with E-state index in [1.165, 1.54) is 5.56 Å². The van der Waals surface area contributed by atoms with Crippen LogP contribution in [0.15, 0.2) is 18.7 Å². The molecular weight excluding hydrogens is 238 g/mol. The van der Waals surface area contributed by atoms with Crippen molar-refractivity contribution in [1.29, 1.82) is 0 Å². The molecule has 0 bridgehead atoms. The van der Waals surface area contributed by atoms with E-state index in [2.05, 4.69) is 45.6 Å². The summed E-state index contributed by atoms with van der Waals surface area (Å²) >= 11 is 0. The van der Waals surface area contributed by atoms with Crippen molar-refractivity contribution in [2.45, 2.75) is 40.2 Å². The summed E-state index contributed by atoms with van der Waals surface area (Å²) < 4.78 is 2.15. The van der Waals surface area contributed by atoms with Gasteiger partial charge < -0.3 is 9.88 Å². The molecule has 5 nitrogen and oxygen atoms in total. The Hall–Kier alpha value is -1.91. The lowest BCUT2D eigenvalue weighted by atomic mass is 10.1. The van der Waals surface area contributed by atoms with Crippen LogP contribution in [0, 0.1) is 0 Å². The van der Waals surface area contributed by atoms with Gasteiger partial charge in [0.05, 0.1) is 5.69 Å². The summed E-state index contributed by atoms with van der Waals surface area (Å²) in [6.07, 6.45) is 7.16. The molecule has 2 aromatic rings.